The molecule has 0 spiro atoms. The first kappa shape index (κ1) is 20.0. The summed E-state index contributed by atoms with van der Waals surface area (Å²) < 4.78 is 13.5. The third kappa shape index (κ3) is 4.88. The molecule has 2 rings (SSSR count). The highest BCUT2D eigenvalue weighted by Crippen LogP contribution is 2.32. The molecule has 0 saturated carbocycles. The molecular formula is C18H30ClN3O3. The first-order valence-electron chi connectivity index (χ1n) is 8.87. The first-order valence-corrected chi connectivity index (χ1v) is 9.24. The van der Waals surface area contributed by atoms with Crippen LogP contribution in [0.1, 0.15) is 58.3 Å². The molecule has 1 aliphatic heterocycles. The molecule has 0 aliphatic carbocycles. The largest absolute Gasteiger partial charge is 0.444 e. The summed E-state index contributed by atoms with van der Waals surface area (Å²) in [6.45, 7) is 11.4. The van der Waals surface area contributed by atoms with Crippen molar-refractivity contribution in [3.8, 4) is 0 Å². The van der Waals surface area contributed by atoms with E-state index in [0.717, 1.165) is 30.7 Å². The first-order chi connectivity index (χ1) is 11.6. The van der Waals surface area contributed by atoms with Gasteiger partial charge in [-0.15, -0.1) is 0 Å². The minimum atomic E-state index is -0.471. The van der Waals surface area contributed by atoms with Crippen LogP contribution in [-0.2, 0) is 23.1 Å². The smallest absolute Gasteiger partial charge is 0.410 e. The molecule has 25 heavy (non-hydrogen) atoms. The fraction of sp³-hybridized carbons (Fsp3) is 0.778. The maximum Gasteiger partial charge on any atom is 0.410 e. The molecule has 1 aromatic heterocycles. The number of amides is 1. The number of likely N-dealkylation sites (tertiary alicyclic amines) is 1. The number of rotatable bonds is 4. The number of hydrogen-bond acceptors (Lipinski definition) is 4. The maximum absolute atomic E-state index is 12.2. The summed E-state index contributed by atoms with van der Waals surface area (Å²) in [5, 5.41) is 4.99. The lowest BCUT2D eigenvalue weighted by molar-refractivity contribution is -0.0969. The van der Waals surface area contributed by atoms with Crippen molar-refractivity contribution in [2.75, 3.05) is 13.1 Å². The van der Waals surface area contributed by atoms with E-state index in [1.54, 1.807) is 9.58 Å². The fourth-order valence-corrected chi connectivity index (χ4v) is 3.30. The topological polar surface area (TPSA) is 56.6 Å². The summed E-state index contributed by atoms with van der Waals surface area (Å²) in [7, 11) is 1.88. The van der Waals surface area contributed by atoms with E-state index in [9.17, 15) is 4.79 Å². The van der Waals surface area contributed by atoms with E-state index in [1.165, 1.54) is 0 Å². The number of nitrogens with zero attached hydrogens (tertiary/aromatic N) is 3. The average molecular weight is 372 g/mol. The Labute approximate surface area is 155 Å². The highest BCUT2D eigenvalue weighted by molar-refractivity contribution is 6.31. The zero-order chi connectivity index (χ0) is 18.8. The van der Waals surface area contributed by atoms with Gasteiger partial charge in [0.2, 0.25) is 0 Å². The zero-order valence-corrected chi connectivity index (χ0v) is 16.9. The maximum atomic E-state index is 12.2. The molecule has 142 valence electrons. The van der Waals surface area contributed by atoms with Gasteiger partial charge in [-0.1, -0.05) is 18.5 Å². The van der Waals surface area contributed by atoms with E-state index in [2.05, 4.69) is 12.0 Å². The van der Waals surface area contributed by atoms with Gasteiger partial charge in [0, 0.05) is 20.1 Å². The highest BCUT2D eigenvalue weighted by atomic mass is 35.5. The summed E-state index contributed by atoms with van der Waals surface area (Å²) in [6, 6.07) is 0. The molecule has 0 radical (unpaired) electrons. The van der Waals surface area contributed by atoms with Crippen molar-refractivity contribution in [1.82, 2.24) is 14.7 Å². The number of ether oxygens (including phenoxy) is 2. The van der Waals surface area contributed by atoms with Crippen LogP contribution in [0.25, 0.3) is 0 Å². The quantitative estimate of drug-likeness (QED) is 0.800. The molecule has 2 heterocycles. The lowest BCUT2D eigenvalue weighted by atomic mass is 9.88. The van der Waals surface area contributed by atoms with E-state index in [0.29, 0.717) is 24.7 Å². The minimum absolute atomic E-state index is 0.236. The Balaban J connectivity index is 1.96. The molecule has 0 bridgehead atoms. The van der Waals surface area contributed by atoms with Crippen molar-refractivity contribution in [3.63, 3.8) is 0 Å². The van der Waals surface area contributed by atoms with Crippen LogP contribution in [-0.4, -0.2) is 45.1 Å². The number of carbonyl (C=O) groups is 1. The molecule has 0 N–H and O–H groups in total. The van der Waals surface area contributed by atoms with E-state index in [1.807, 2.05) is 34.7 Å². The van der Waals surface area contributed by atoms with E-state index < -0.39 is 5.60 Å². The van der Waals surface area contributed by atoms with Crippen molar-refractivity contribution in [2.45, 2.75) is 71.7 Å². The lowest BCUT2D eigenvalue weighted by Crippen LogP contribution is -2.49. The molecule has 1 fully saturated rings. The molecule has 6 nitrogen and oxygen atoms in total. The molecule has 1 saturated heterocycles. The third-order valence-corrected chi connectivity index (χ3v) is 5.24. The molecule has 0 aromatic carbocycles. The highest BCUT2D eigenvalue weighted by Gasteiger charge is 2.37. The number of hydrogen-bond donors (Lipinski definition) is 0. The van der Waals surface area contributed by atoms with Gasteiger partial charge >= 0.3 is 6.09 Å². The van der Waals surface area contributed by atoms with Gasteiger partial charge in [-0.05, 0) is 47.0 Å². The van der Waals surface area contributed by atoms with E-state index >= 15 is 0 Å². The Morgan fingerprint density at radius 2 is 1.92 bits per heavy atom. The molecule has 0 atom stereocenters. The zero-order valence-electron chi connectivity index (χ0n) is 16.2. The van der Waals surface area contributed by atoms with Crippen molar-refractivity contribution < 1.29 is 14.3 Å². The number of aromatic nitrogens is 2. The molecule has 1 amide bonds. The number of halogens is 1. The van der Waals surface area contributed by atoms with Gasteiger partial charge in [0.15, 0.2) is 0 Å². The molecular weight excluding hydrogens is 342 g/mol. The van der Waals surface area contributed by atoms with Crippen molar-refractivity contribution >= 4 is 17.7 Å². The second-order valence-corrected chi connectivity index (χ2v) is 8.14. The second-order valence-electron chi connectivity index (χ2n) is 7.76. The Bertz CT molecular complexity index is 614. The SMILES string of the molecule is CCC1(OCc2c(Cl)c(C)nn2C)CCN(C(=O)OC(C)(C)C)CC1. The van der Waals surface area contributed by atoms with Crippen LogP contribution < -0.4 is 0 Å². The Morgan fingerprint density at radius 3 is 2.36 bits per heavy atom. The third-order valence-electron chi connectivity index (χ3n) is 4.75. The van der Waals surface area contributed by atoms with Gasteiger partial charge in [0.05, 0.1) is 28.6 Å². The summed E-state index contributed by atoms with van der Waals surface area (Å²) >= 11 is 6.31. The van der Waals surface area contributed by atoms with Gasteiger partial charge in [0.1, 0.15) is 5.60 Å². The van der Waals surface area contributed by atoms with E-state index in [4.69, 9.17) is 21.1 Å². The Hall–Kier alpha value is -1.27. The van der Waals surface area contributed by atoms with Crippen LogP contribution in [0.2, 0.25) is 5.02 Å². The molecule has 7 heteroatoms. The predicted octanol–water partition coefficient (Wildman–Crippen LogP) is 4.08. The standard InChI is InChI=1S/C18H30ClN3O3/c1-7-18(24-12-14-15(19)13(2)20-21(14)6)8-10-22(11-9-18)16(23)25-17(3,4)5/h7-12H2,1-6H3. The second kappa shape index (κ2) is 7.54. The summed E-state index contributed by atoms with van der Waals surface area (Å²) in [6.07, 6.45) is 2.22. The Morgan fingerprint density at radius 1 is 1.32 bits per heavy atom. The normalized spacial score (nSPS) is 17.6. The van der Waals surface area contributed by atoms with Gasteiger partial charge < -0.3 is 14.4 Å². The summed E-state index contributed by atoms with van der Waals surface area (Å²) in [5.41, 5.74) is 0.996. The van der Waals surface area contributed by atoms with Crippen molar-refractivity contribution in [1.29, 1.82) is 0 Å². The van der Waals surface area contributed by atoms with Gasteiger partial charge in [0.25, 0.3) is 0 Å². The van der Waals surface area contributed by atoms with Crippen molar-refractivity contribution in [3.05, 3.63) is 16.4 Å². The molecule has 1 aromatic rings. The van der Waals surface area contributed by atoms with Gasteiger partial charge in [-0.25, -0.2) is 4.79 Å². The van der Waals surface area contributed by atoms with Crippen LogP contribution in [0.4, 0.5) is 4.79 Å². The fourth-order valence-electron chi connectivity index (χ4n) is 3.08. The Kier molecular flexibility index (Phi) is 6.05. The summed E-state index contributed by atoms with van der Waals surface area (Å²) in [5.74, 6) is 0. The minimum Gasteiger partial charge on any atom is -0.444 e. The van der Waals surface area contributed by atoms with Crippen LogP contribution in [0, 0.1) is 6.92 Å². The monoisotopic (exact) mass is 371 g/mol. The van der Waals surface area contributed by atoms with Crippen LogP contribution in [0.5, 0.6) is 0 Å². The number of aryl methyl sites for hydroxylation is 2. The lowest BCUT2D eigenvalue weighted by Gasteiger charge is -2.41. The van der Waals surface area contributed by atoms with Crippen LogP contribution in [0.15, 0.2) is 0 Å². The number of carbonyl (C=O) groups excluding carboxylic acids is 1. The van der Waals surface area contributed by atoms with Gasteiger partial charge in [-0.3, -0.25) is 4.68 Å². The van der Waals surface area contributed by atoms with Crippen molar-refractivity contribution in [2.24, 2.45) is 7.05 Å². The summed E-state index contributed by atoms with van der Waals surface area (Å²) in [4.78, 5) is 14.0. The number of piperidine rings is 1. The average Bonchev–Trinajstić information content (AvgIpc) is 2.77. The predicted molar refractivity (Wildman–Crippen MR) is 97.8 cm³/mol. The van der Waals surface area contributed by atoms with Gasteiger partial charge in [-0.2, -0.15) is 5.10 Å². The molecule has 1 aliphatic rings. The molecule has 0 unspecified atom stereocenters. The van der Waals surface area contributed by atoms with E-state index in [-0.39, 0.29) is 11.7 Å². The van der Waals surface area contributed by atoms with Crippen LogP contribution in [0.3, 0.4) is 0 Å². The van der Waals surface area contributed by atoms with Crippen LogP contribution >= 0.6 is 11.6 Å².